The fourth-order valence-electron chi connectivity index (χ4n) is 2.51. The first-order valence-corrected chi connectivity index (χ1v) is 10.1. The maximum atomic E-state index is 13.7. The number of rotatable bonds is 7. The van der Waals surface area contributed by atoms with E-state index in [0.29, 0.717) is 12.5 Å². The lowest BCUT2D eigenvalue weighted by Crippen LogP contribution is -2.39. The van der Waals surface area contributed by atoms with Crippen molar-refractivity contribution in [3.05, 3.63) is 59.4 Å². The number of hydrogen-bond acceptors (Lipinski definition) is 4. The third-order valence-corrected chi connectivity index (χ3v) is 5.69. The van der Waals surface area contributed by atoms with E-state index in [-0.39, 0.29) is 17.2 Å². The van der Waals surface area contributed by atoms with Crippen LogP contribution >= 0.6 is 0 Å². The van der Waals surface area contributed by atoms with Crippen LogP contribution in [0.1, 0.15) is 11.1 Å². The highest BCUT2D eigenvalue weighted by Crippen LogP contribution is 2.19. The highest BCUT2D eigenvalue weighted by molar-refractivity contribution is 7.91. The molecule has 2 rings (SSSR count). The summed E-state index contributed by atoms with van der Waals surface area (Å²) in [7, 11) is -0.517. The van der Waals surface area contributed by atoms with E-state index in [1.165, 1.54) is 18.2 Å². The van der Waals surface area contributed by atoms with E-state index >= 15 is 0 Å². The summed E-state index contributed by atoms with van der Waals surface area (Å²) >= 11 is 0. The van der Waals surface area contributed by atoms with Crippen LogP contribution in [0.25, 0.3) is 0 Å². The van der Waals surface area contributed by atoms with Gasteiger partial charge in [0, 0.05) is 25.7 Å². The minimum atomic E-state index is -3.72. The number of benzene rings is 2. The topological polar surface area (TPSA) is 79.8 Å². The van der Waals surface area contributed by atoms with Gasteiger partial charge in [-0.1, -0.05) is 24.3 Å². The van der Waals surface area contributed by atoms with E-state index in [1.54, 1.807) is 14.2 Å². The normalized spacial score (nSPS) is 11.9. The van der Waals surface area contributed by atoms with Gasteiger partial charge in [-0.15, -0.1) is 0 Å². The molecular formula is C19H24FN3O3S. The Labute approximate surface area is 159 Å². The number of methoxy groups -OCH3 is 1. The second-order valence-corrected chi connectivity index (χ2v) is 7.99. The third kappa shape index (κ3) is 5.68. The summed E-state index contributed by atoms with van der Waals surface area (Å²) in [6, 6.07) is 11.2. The van der Waals surface area contributed by atoms with Gasteiger partial charge in [0.15, 0.2) is 15.8 Å². The first-order valence-electron chi connectivity index (χ1n) is 8.42. The molecule has 0 aliphatic heterocycles. The van der Waals surface area contributed by atoms with Gasteiger partial charge in [0.2, 0.25) is 0 Å². The SMILES string of the molecule is CN=C(NCCS(=O)(=O)c1ccccc1F)NCc1ccc(C)cc1OC. The van der Waals surface area contributed by atoms with E-state index in [1.807, 2.05) is 25.1 Å². The number of nitrogens with zero attached hydrogens (tertiary/aromatic N) is 1. The summed E-state index contributed by atoms with van der Waals surface area (Å²) in [5, 5.41) is 6.04. The first kappa shape index (κ1) is 20.7. The zero-order chi connectivity index (χ0) is 19.9. The Hall–Kier alpha value is -2.61. The van der Waals surface area contributed by atoms with Gasteiger partial charge < -0.3 is 15.4 Å². The molecule has 146 valence electrons. The maximum Gasteiger partial charge on any atom is 0.191 e. The van der Waals surface area contributed by atoms with E-state index in [0.717, 1.165) is 22.9 Å². The molecule has 0 atom stereocenters. The van der Waals surface area contributed by atoms with Gasteiger partial charge in [-0.05, 0) is 30.7 Å². The fourth-order valence-corrected chi connectivity index (χ4v) is 3.75. The Balaban J connectivity index is 1.92. The van der Waals surface area contributed by atoms with Crippen LogP contribution in [0.4, 0.5) is 4.39 Å². The van der Waals surface area contributed by atoms with Gasteiger partial charge >= 0.3 is 0 Å². The minimum absolute atomic E-state index is 0.0986. The second kappa shape index (κ2) is 9.36. The van der Waals surface area contributed by atoms with E-state index in [9.17, 15) is 12.8 Å². The maximum absolute atomic E-state index is 13.7. The number of nitrogens with one attached hydrogen (secondary N) is 2. The molecule has 0 bridgehead atoms. The molecule has 0 aromatic heterocycles. The van der Waals surface area contributed by atoms with Gasteiger partial charge in [-0.2, -0.15) is 0 Å². The third-order valence-electron chi connectivity index (χ3n) is 3.95. The van der Waals surface area contributed by atoms with Crippen molar-refractivity contribution in [1.82, 2.24) is 10.6 Å². The molecule has 0 saturated heterocycles. The van der Waals surface area contributed by atoms with Gasteiger partial charge in [-0.3, -0.25) is 4.99 Å². The standard InChI is InChI=1S/C19H24FN3O3S/c1-14-8-9-15(17(12-14)26-3)13-23-19(21-2)22-10-11-27(24,25)18-7-5-4-6-16(18)20/h4-9,12H,10-11,13H2,1-3H3,(H2,21,22,23). The molecule has 0 aliphatic carbocycles. The highest BCUT2D eigenvalue weighted by atomic mass is 32.2. The molecule has 2 aromatic rings. The van der Waals surface area contributed by atoms with Crippen molar-refractivity contribution < 1.29 is 17.5 Å². The second-order valence-electron chi connectivity index (χ2n) is 5.92. The van der Waals surface area contributed by atoms with Crippen LogP contribution in [0, 0.1) is 12.7 Å². The van der Waals surface area contributed by atoms with Crippen LogP contribution in [-0.2, 0) is 16.4 Å². The van der Waals surface area contributed by atoms with Gasteiger partial charge in [0.05, 0.1) is 12.9 Å². The van der Waals surface area contributed by atoms with Crippen molar-refractivity contribution in [2.24, 2.45) is 4.99 Å². The number of halogens is 1. The molecule has 0 aliphatic rings. The van der Waals surface area contributed by atoms with Crippen molar-refractivity contribution in [2.45, 2.75) is 18.4 Å². The monoisotopic (exact) mass is 393 g/mol. The van der Waals surface area contributed by atoms with Gasteiger partial charge in [0.1, 0.15) is 16.5 Å². The molecule has 0 radical (unpaired) electrons. The Morgan fingerprint density at radius 2 is 1.93 bits per heavy atom. The number of aliphatic imine (C=N–C) groups is 1. The average molecular weight is 393 g/mol. The number of hydrogen-bond donors (Lipinski definition) is 2. The predicted molar refractivity (Wildman–Crippen MR) is 104 cm³/mol. The molecule has 8 heteroatoms. The quantitative estimate of drug-likeness (QED) is 0.557. The van der Waals surface area contributed by atoms with E-state index in [4.69, 9.17) is 4.74 Å². The summed E-state index contributed by atoms with van der Waals surface area (Å²) in [5.41, 5.74) is 2.04. The lowest BCUT2D eigenvalue weighted by Gasteiger charge is -2.14. The Morgan fingerprint density at radius 3 is 2.59 bits per heavy atom. The minimum Gasteiger partial charge on any atom is -0.496 e. The van der Waals surface area contributed by atoms with E-state index < -0.39 is 15.7 Å². The molecule has 0 fully saturated rings. The van der Waals surface area contributed by atoms with Crippen LogP contribution < -0.4 is 15.4 Å². The lowest BCUT2D eigenvalue weighted by molar-refractivity contribution is 0.408. The number of ether oxygens (including phenoxy) is 1. The molecule has 0 unspecified atom stereocenters. The molecule has 6 nitrogen and oxygen atoms in total. The lowest BCUT2D eigenvalue weighted by atomic mass is 10.1. The summed E-state index contributed by atoms with van der Waals surface area (Å²) in [6.45, 7) is 2.54. The molecule has 0 amide bonds. The average Bonchev–Trinajstić information content (AvgIpc) is 2.65. The summed E-state index contributed by atoms with van der Waals surface area (Å²) in [6.07, 6.45) is 0. The van der Waals surface area contributed by atoms with Crippen molar-refractivity contribution >= 4 is 15.8 Å². The highest BCUT2D eigenvalue weighted by Gasteiger charge is 2.18. The summed E-state index contributed by atoms with van der Waals surface area (Å²) in [4.78, 5) is 3.78. The largest absolute Gasteiger partial charge is 0.496 e. The summed E-state index contributed by atoms with van der Waals surface area (Å²) in [5.74, 6) is 0.218. The van der Waals surface area contributed by atoms with Gasteiger partial charge in [0.25, 0.3) is 0 Å². The Bertz CT molecular complexity index is 914. The molecule has 0 spiro atoms. The van der Waals surface area contributed by atoms with Crippen molar-refractivity contribution in [3.63, 3.8) is 0 Å². The van der Waals surface area contributed by atoms with Crippen molar-refractivity contribution in [3.8, 4) is 5.75 Å². The number of guanidine groups is 1. The van der Waals surface area contributed by atoms with E-state index in [2.05, 4.69) is 15.6 Å². The van der Waals surface area contributed by atoms with Crippen LogP contribution in [0.3, 0.4) is 0 Å². The first-order chi connectivity index (χ1) is 12.9. The van der Waals surface area contributed by atoms with Gasteiger partial charge in [-0.25, -0.2) is 12.8 Å². The number of aryl methyl sites for hydroxylation is 1. The molecule has 2 N–H and O–H groups in total. The molecular weight excluding hydrogens is 369 g/mol. The Kier molecular flexibility index (Phi) is 7.18. The summed E-state index contributed by atoms with van der Waals surface area (Å²) < 4.78 is 43.6. The molecule has 27 heavy (non-hydrogen) atoms. The molecule has 0 heterocycles. The zero-order valence-corrected chi connectivity index (χ0v) is 16.4. The Morgan fingerprint density at radius 1 is 1.19 bits per heavy atom. The van der Waals surface area contributed by atoms with Crippen LogP contribution in [-0.4, -0.2) is 40.8 Å². The van der Waals surface area contributed by atoms with Crippen LogP contribution in [0.15, 0.2) is 52.4 Å². The van der Waals surface area contributed by atoms with Crippen LogP contribution in [0.2, 0.25) is 0 Å². The van der Waals surface area contributed by atoms with Crippen molar-refractivity contribution in [2.75, 3.05) is 26.5 Å². The molecule has 2 aromatic carbocycles. The smallest absolute Gasteiger partial charge is 0.191 e. The zero-order valence-electron chi connectivity index (χ0n) is 15.6. The fraction of sp³-hybridized carbons (Fsp3) is 0.316. The van der Waals surface area contributed by atoms with Crippen molar-refractivity contribution in [1.29, 1.82) is 0 Å². The predicted octanol–water partition coefficient (Wildman–Crippen LogP) is 2.28. The number of sulfone groups is 1. The van der Waals surface area contributed by atoms with Crippen LogP contribution in [0.5, 0.6) is 5.75 Å². The molecule has 0 saturated carbocycles.